The van der Waals surface area contributed by atoms with Crippen molar-refractivity contribution >= 4 is 70.7 Å². The maximum absolute atomic E-state index is 13.5. The number of nitrogens with one attached hydrogen (secondary N) is 2. The lowest BCUT2D eigenvalue weighted by atomic mass is 9.84. The number of azo groups is 1. The van der Waals surface area contributed by atoms with E-state index in [0.29, 0.717) is 42.5 Å². The van der Waals surface area contributed by atoms with E-state index in [1.54, 1.807) is 36.4 Å². The first kappa shape index (κ1) is 50.0. The molecule has 0 aliphatic carbocycles. The Balaban J connectivity index is 1.14. The van der Waals surface area contributed by atoms with Crippen molar-refractivity contribution < 1.29 is 55.2 Å². The van der Waals surface area contributed by atoms with E-state index in [4.69, 9.17) is 14.6 Å². The van der Waals surface area contributed by atoms with Crippen molar-refractivity contribution in [2.45, 2.75) is 77.0 Å². The Labute approximate surface area is 389 Å². The second-order valence-corrected chi connectivity index (χ2v) is 21.3. The third-order valence-corrected chi connectivity index (χ3v) is 12.0. The molecule has 0 radical (unpaired) electrons. The summed E-state index contributed by atoms with van der Waals surface area (Å²) in [6.45, 7) is 13.1. The highest BCUT2D eigenvalue weighted by Crippen LogP contribution is 2.40. The molecule has 0 aliphatic heterocycles. The van der Waals surface area contributed by atoms with Gasteiger partial charge in [0.25, 0.3) is 26.1 Å². The van der Waals surface area contributed by atoms with E-state index in [1.807, 2.05) is 0 Å². The highest BCUT2D eigenvalue weighted by molar-refractivity contribution is 7.86. The molecule has 0 fully saturated rings. The van der Waals surface area contributed by atoms with Crippen LogP contribution in [0.25, 0.3) is 21.5 Å². The number of ether oxygens (including phenoxy) is 2. The fourth-order valence-corrected chi connectivity index (χ4v) is 8.70. The molecular formula is C49H54N4O12S2. The molecule has 0 saturated heterocycles. The number of hydrogen-bond donors (Lipinski definition) is 6. The first-order valence-corrected chi connectivity index (χ1v) is 24.2. The first-order chi connectivity index (χ1) is 31.4. The summed E-state index contributed by atoms with van der Waals surface area (Å²) < 4.78 is 81.2. The summed E-state index contributed by atoms with van der Waals surface area (Å²) >= 11 is 0. The van der Waals surface area contributed by atoms with Crippen molar-refractivity contribution in [1.82, 2.24) is 5.32 Å². The maximum Gasteiger partial charge on any atom is 0.296 e. The van der Waals surface area contributed by atoms with Crippen LogP contribution in [0.4, 0.5) is 17.1 Å². The zero-order valence-electron chi connectivity index (χ0n) is 38.0. The molecule has 18 heteroatoms. The molecule has 6 rings (SSSR count). The monoisotopic (exact) mass is 954 g/mol. The Kier molecular flexibility index (Phi) is 15.1. The van der Waals surface area contributed by atoms with E-state index < -0.39 is 54.1 Å². The maximum atomic E-state index is 13.5. The second kappa shape index (κ2) is 20.2. The Morgan fingerprint density at radius 2 is 1.34 bits per heavy atom. The minimum atomic E-state index is -4.95. The van der Waals surface area contributed by atoms with Gasteiger partial charge in [0, 0.05) is 17.3 Å². The molecule has 0 saturated carbocycles. The number of rotatable bonds is 17. The summed E-state index contributed by atoms with van der Waals surface area (Å²) in [5.41, 5.74) is 2.17. The summed E-state index contributed by atoms with van der Waals surface area (Å²) in [6, 6.07) is 25.0. The van der Waals surface area contributed by atoms with Gasteiger partial charge in [-0.3, -0.25) is 18.7 Å². The number of benzene rings is 6. The van der Waals surface area contributed by atoms with Crippen molar-refractivity contribution in [3.05, 3.63) is 114 Å². The number of phenols is 1. The van der Waals surface area contributed by atoms with Crippen LogP contribution in [0.5, 0.6) is 23.0 Å². The number of nitrogens with zero attached hydrogens (tertiary/aromatic N) is 2. The van der Waals surface area contributed by atoms with Gasteiger partial charge in [-0.15, -0.1) is 5.11 Å². The predicted molar refractivity (Wildman–Crippen MR) is 255 cm³/mol. The van der Waals surface area contributed by atoms with E-state index in [1.165, 1.54) is 29.3 Å². The largest absolute Gasteiger partial charge is 0.506 e. The second-order valence-electron chi connectivity index (χ2n) is 18.5. The predicted octanol–water partition coefficient (Wildman–Crippen LogP) is 10.1. The smallest absolute Gasteiger partial charge is 0.296 e. The van der Waals surface area contributed by atoms with Gasteiger partial charge in [-0.2, -0.15) is 21.9 Å². The Hall–Kier alpha value is -6.44. The third-order valence-electron chi connectivity index (χ3n) is 10.2. The van der Waals surface area contributed by atoms with Crippen LogP contribution in [0.1, 0.15) is 75.9 Å². The normalized spacial score (nSPS) is 12.4. The zero-order chi connectivity index (χ0) is 48.9. The van der Waals surface area contributed by atoms with Crippen LogP contribution in [-0.4, -0.2) is 67.7 Å². The lowest BCUT2D eigenvalue weighted by Crippen LogP contribution is -2.25. The molecular weight excluding hydrogens is 901 g/mol. The standard InChI is InChI=1S/C49H54N4O12S2/c1-48(2,3)27-30-13-18-41(33(21-30)28-49(4,5)6)64-20-10-9-19-50-47(57)38-26-42(36-11-7-8-12-37(36)46(38)56)65-35-16-14-34(15-17-35)52-53-40-23-31-22-39(51-45(55)29-54)43(66(58,59)60)24-32(31)25-44(40)67(61,62)63/h7-8,11-18,21-26,54,56H,9-10,19-20,27-29H2,1-6H3,(H,50,57)(H,51,55)(H,58,59,60)(H,61,62,63). The molecule has 0 heterocycles. The van der Waals surface area contributed by atoms with Crippen LogP contribution in [0.3, 0.4) is 0 Å². The average Bonchev–Trinajstić information content (AvgIpc) is 3.23. The van der Waals surface area contributed by atoms with Crippen molar-refractivity contribution in [2.75, 3.05) is 25.1 Å². The Morgan fingerprint density at radius 3 is 1.99 bits per heavy atom. The quantitative estimate of drug-likeness (QED) is 0.0284. The van der Waals surface area contributed by atoms with Crippen LogP contribution in [-0.2, 0) is 37.9 Å². The molecule has 6 aromatic carbocycles. The lowest BCUT2D eigenvalue weighted by Gasteiger charge is -2.23. The number of aliphatic hydroxyl groups is 1. The minimum absolute atomic E-state index is 0.0136. The van der Waals surface area contributed by atoms with E-state index in [0.717, 1.165) is 42.9 Å². The summed E-state index contributed by atoms with van der Waals surface area (Å²) in [4.78, 5) is 23.9. The molecule has 0 atom stereocenters. The highest BCUT2D eigenvalue weighted by atomic mass is 32.2. The van der Waals surface area contributed by atoms with E-state index >= 15 is 0 Å². The van der Waals surface area contributed by atoms with Crippen LogP contribution in [0.15, 0.2) is 117 Å². The van der Waals surface area contributed by atoms with E-state index in [9.17, 15) is 40.6 Å². The van der Waals surface area contributed by atoms with Gasteiger partial charge < -0.3 is 30.3 Å². The van der Waals surface area contributed by atoms with Crippen molar-refractivity contribution in [3.63, 3.8) is 0 Å². The number of aromatic hydroxyl groups is 1. The number of phenolic OH excluding ortho intramolecular Hbond substituents is 1. The molecule has 0 unspecified atom stereocenters. The van der Waals surface area contributed by atoms with Gasteiger partial charge in [-0.25, -0.2) is 0 Å². The fourth-order valence-electron chi connectivity index (χ4n) is 7.40. The van der Waals surface area contributed by atoms with Crippen LogP contribution in [0.2, 0.25) is 0 Å². The summed E-state index contributed by atoms with van der Waals surface area (Å²) in [7, 11) is -9.89. The number of carbonyl (C=O) groups excluding carboxylic acids is 2. The summed E-state index contributed by atoms with van der Waals surface area (Å²) in [5.74, 6) is -0.225. The molecule has 0 aromatic heterocycles. The topological polar surface area (TPSA) is 251 Å². The number of anilines is 1. The summed E-state index contributed by atoms with van der Waals surface area (Å²) in [6.07, 6.45) is 3.15. The molecule has 0 aliphatic rings. The van der Waals surface area contributed by atoms with Crippen molar-refractivity contribution in [3.8, 4) is 23.0 Å². The lowest BCUT2D eigenvalue weighted by molar-refractivity contribution is -0.118. The molecule has 6 N–H and O–H groups in total. The number of aliphatic hydroxyl groups excluding tert-OH is 1. The molecule has 0 bridgehead atoms. The van der Waals surface area contributed by atoms with Crippen LogP contribution < -0.4 is 20.1 Å². The number of fused-ring (bicyclic) bond motifs is 2. The molecule has 0 spiro atoms. The Bertz CT molecular complexity index is 3090. The molecule has 67 heavy (non-hydrogen) atoms. The van der Waals surface area contributed by atoms with E-state index in [-0.39, 0.29) is 50.0 Å². The van der Waals surface area contributed by atoms with Gasteiger partial charge in [0.2, 0.25) is 5.91 Å². The average molecular weight is 955 g/mol. The third kappa shape index (κ3) is 13.4. The number of carbonyl (C=O) groups is 2. The van der Waals surface area contributed by atoms with Gasteiger partial charge in [0.05, 0.1) is 23.5 Å². The molecule has 354 valence electrons. The Morgan fingerprint density at radius 1 is 0.701 bits per heavy atom. The number of hydrogen-bond acceptors (Lipinski definition) is 12. The van der Waals surface area contributed by atoms with Gasteiger partial charge >= 0.3 is 0 Å². The van der Waals surface area contributed by atoms with Gasteiger partial charge in [-0.05, 0) is 119 Å². The molecule has 6 aromatic rings. The van der Waals surface area contributed by atoms with Crippen LogP contribution in [0, 0.1) is 10.8 Å². The van der Waals surface area contributed by atoms with Gasteiger partial charge in [0.15, 0.2) is 0 Å². The van der Waals surface area contributed by atoms with Gasteiger partial charge in [-0.1, -0.05) is 77.9 Å². The van der Waals surface area contributed by atoms with E-state index in [2.05, 4.69) is 80.6 Å². The zero-order valence-corrected chi connectivity index (χ0v) is 39.6. The van der Waals surface area contributed by atoms with Crippen LogP contribution >= 0.6 is 0 Å². The molecule has 16 nitrogen and oxygen atoms in total. The number of unbranched alkanes of at least 4 members (excludes halogenated alkanes) is 1. The SMILES string of the molecule is CC(C)(C)Cc1ccc(OCCCCNC(=O)c2cc(Oc3ccc(N=Nc4cc5cc(NC(=O)CO)c(S(=O)(=O)O)cc5cc4S(=O)(=O)O)cc3)c3ccccc3c2O)c(CC(C)(C)C)c1. The van der Waals surface area contributed by atoms with Crippen molar-refractivity contribution in [1.29, 1.82) is 0 Å². The highest BCUT2D eigenvalue weighted by Gasteiger charge is 2.24. The summed E-state index contributed by atoms with van der Waals surface area (Å²) in [5, 5.41) is 34.5. The first-order valence-electron chi connectivity index (χ1n) is 21.3. The van der Waals surface area contributed by atoms with Crippen molar-refractivity contribution in [2.24, 2.45) is 21.1 Å². The minimum Gasteiger partial charge on any atom is -0.506 e. The fraction of sp³-hybridized carbons (Fsp3) is 0.306. The molecule has 2 amide bonds. The number of amides is 2. The van der Waals surface area contributed by atoms with Gasteiger partial charge in [0.1, 0.15) is 45.1 Å².